The SMILES string of the molecule is COc1cc(NO)ccc1[N+]#N. The van der Waals surface area contributed by atoms with Crippen molar-refractivity contribution in [3.8, 4) is 5.75 Å². The lowest BCUT2D eigenvalue weighted by Crippen LogP contribution is -1.90. The van der Waals surface area contributed by atoms with E-state index in [-0.39, 0.29) is 0 Å². The van der Waals surface area contributed by atoms with Crippen LogP contribution in [0.15, 0.2) is 18.2 Å². The van der Waals surface area contributed by atoms with Gasteiger partial charge in [0.1, 0.15) is 0 Å². The number of nitrogens with zero attached hydrogens (tertiary/aromatic N) is 2. The summed E-state index contributed by atoms with van der Waals surface area (Å²) in [5.74, 6) is 0.386. The molecule has 0 spiro atoms. The summed E-state index contributed by atoms with van der Waals surface area (Å²) in [5.41, 5.74) is 2.74. The van der Waals surface area contributed by atoms with Crippen molar-refractivity contribution in [1.82, 2.24) is 0 Å². The van der Waals surface area contributed by atoms with E-state index in [1.165, 1.54) is 19.2 Å². The Morgan fingerprint density at radius 2 is 2.33 bits per heavy atom. The van der Waals surface area contributed by atoms with Crippen LogP contribution in [-0.4, -0.2) is 12.3 Å². The van der Waals surface area contributed by atoms with Crippen molar-refractivity contribution in [1.29, 1.82) is 5.39 Å². The number of hydrogen-bond acceptors (Lipinski definition) is 4. The monoisotopic (exact) mass is 166 g/mol. The molecule has 0 saturated heterocycles. The highest BCUT2D eigenvalue weighted by Crippen LogP contribution is 2.29. The summed E-state index contributed by atoms with van der Waals surface area (Å²) < 4.78 is 4.87. The van der Waals surface area contributed by atoms with Crippen LogP contribution in [0.1, 0.15) is 0 Å². The normalized spacial score (nSPS) is 8.75. The minimum absolute atomic E-state index is 0.316. The lowest BCUT2D eigenvalue weighted by Gasteiger charge is -1.98. The first-order valence-corrected chi connectivity index (χ1v) is 3.25. The summed E-state index contributed by atoms with van der Waals surface area (Å²) in [5, 5.41) is 17.0. The number of rotatable bonds is 2. The molecule has 0 fully saturated rings. The van der Waals surface area contributed by atoms with Gasteiger partial charge in [0, 0.05) is 12.1 Å². The summed E-state index contributed by atoms with van der Waals surface area (Å²) in [6.07, 6.45) is 0. The number of anilines is 1. The maximum Gasteiger partial charge on any atom is 0.426 e. The Labute approximate surface area is 69.2 Å². The molecule has 0 saturated carbocycles. The van der Waals surface area contributed by atoms with Crippen LogP contribution >= 0.6 is 0 Å². The number of benzene rings is 1. The fraction of sp³-hybridized carbons (Fsp3) is 0.143. The van der Waals surface area contributed by atoms with Gasteiger partial charge in [-0.3, -0.25) is 10.7 Å². The smallest absolute Gasteiger partial charge is 0.426 e. The molecule has 0 amide bonds. The Morgan fingerprint density at radius 3 is 2.83 bits per heavy atom. The Balaban J connectivity index is 3.13. The Hall–Kier alpha value is -1.80. The summed E-state index contributed by atoms with van der Waals surface area (Å²) >= 11 is 0. The second kappa shape index (κ2) is 3.55. The summed E-state index contributed by atoms with van der Waals surface area (Å²) in [6.45, 7) is 0. The Kier molecular flexibility index (Phi) is 2.46. The van der Waals surface area contributed by atoms with E-state index in [2.05, 4.69) is 4.98 Å². The van der Waals surface area contributed by atoms with E-state index < -0.39 is 0 Å². The summed E-state index contributed by atoms with van der Waals surface area (Å²) in [6, 6.07) is 4.57. The molecule has 1 aromatic carbocycles. The van der Waals surface area contributed by atoms with Crippen molar-refractivity contribution in [2.45, 2.75) is 0 Å². The number of ether oxygens (including phenoxy) is 1. The maximum absolute atomic E-state index is 8.52. The molecule has 1 aromatic rings. The lowest BCUT2D eigenvalue weighted by molar-refractivity contribution is 0.386. The van der Waals surface area contributed by atoms with Crippen molar-refractivity contribution >= 4 is 11.4 Å². The van der Waals surface area contributed by atoms with Crippen LogP contribution in [0.25, 0.3) is 4.98 Å². The molecule has 5 heteroatoms. The van der Waals surface area contributed by atoms with Crippen molar-refractivity contribution in [3.63, 3.8) is 0 Å². The highest BCUT2D eigenvalue weighted by atomic mass is 16.5. The molecule has 0 aliphatic carbocycles. The van der Waals surface area contributed by atoms with Gasteiger partial charge in [0.25, 0.3) is 0 Å². The quantitative estimate of drug-likeness (QED) is 0.520. The molecule has 0 unspecified atom stereocenters. The highest BCUT2D eigenvalue weighted by molar-refractivity contribution is 5.63. The first-order chi connectivity index (χ1) is 5.81. The van der Waals surface area contributed by atoms with Crippen LogP contribution in [0.2, 0.25) is 0 Å². The van der Waals surface area contributed by atoms with Gasteiger partial charge < -0.3 is 4.74 Å². The minimum Gasteiger partial charge on any atom is -0.489 e. The maximum atomic E-state index is 8.52. The number of hydrogen-bond donors (Lipinski definition) is 2. The molecule has 0 bridgehead atoms. The third-order valence-corrected chi connectivity index (χ3v) is 1.42. The topological polar surface area (TPSA) is 69.6 Å². The third-order valence-electron chi connectivity index (χ3n) is 1.42. The van der Waals surface area contributed by atoms with E-state index in [1.807, 2.05) is 5.48 Å². The van der Waals surface area contributed by atoms with Crippen molar-refractivity contribution < 1.29 is 9.94 Å². The molecule has 0 heterocycles. The minimum atomic E-state index is 0.316. The predicted molar refractivity (Wildman–Crippen MR) is 43.1 cm³/mol. The summed E-state index contributed by atoms with van der Waals surface area (Å²) in [4.78, 5) is 2.98. The number of nitrogens with one attached hydrogen (secondary N) is 1. The first-order valence-electron chi connectivity index (χ1n) is 3.25. The summed E-state index contributed by atoms with van der Waals surface area (Å²) in [7, 11) is 1.45. The molecule has 0 atom stereocenters. The molecule has 1 rings (SSSR count). The zero-order valence-corrected chi connectivity index (χ0v) is 6.48. The fourth-order valence-electron chi connectivity index (χ4n) is 0.830. The van der Waals surface area contributed by atoms with Crippen LogP contribution in [-0.2, 0) is 0 Å². The standard InChI is InChI=1S/C7H8N3O2/c1-12-7-4-5(10-11)2-3-6(7)9-8/h2-4,10-11H,1H3/q+1. The van der Waals surface area contributed by atoms with Gasteiger partial charge in [-0.25, -0.2) is 0 Å². The van der Waals surface area contributed by atoms with E-state index >= 15 is 0 Å². The van der Waals surface area contributed by atoms with E-state index in [0.29, 0.717) is 17.1 Å². The number of diazo groups is 1. The van der Waals surface area contributed by atoms with E-state index in [0.717, 1.165) is 0 Å². The largest absolute Gasteiger partial charge is 0.489 e. The zero-order valence-electron chi connectivity index (χ0n) is 6.48. The molecule has 62 valence electrons. The van der Waals surface area contributed by atoms with E-state index in [9.17, 15) is 0 Å². The molecule has 0 aliphatic heterocycles. The molecular weight excluding hydrogens is 158 g/mol. The van der Waals surface area contributed by atoms with Crippen LogP contribution < -0.4 is 10.2 Å². The average molecular weight is 166 g/mol. The van der Waals surface area contributed by atoms with Crippen molar-refractivity contribution in [2.75, 3.05) is 12.6 Å². The van der Waals surface area contributed by atoms with Gasteiger partial charge >= 0.3 is 5.69 Å². The molecule has 0 aromatic heterocycles. The predicted octanol–water partition coefficient (Wildman–Crippen LogP) is 1.98. The molecule has 5 nitrogen and oxygen atoms in total. The highest BCUT2D eigenvalue weighted by Gasteiger charge is 2.13. The van der Waals surface area contributed by atoms with Crippen molar-refractivity contribution in [3.05, 3.63) is 23.2 Å². The van der Waals surface area contributed by atoms with Gasteiger partial charge in [-0.1, -0.05) is 0 Å². The fourth-order valence-corrected chi connectivity index (χ4v) is 0.830. The average Bonchev–Trinajstić information content (AvgIpc) is 2.16. The van der Waals surface area contributed by atoms with E-state index in [1.54, 1.807) is 6.07 Å². The second-order valence-electron chi connectivity index (χ2n) is 2.10. The van der Waals surface area contributed by atoms with Gasteiger partial charge in [-0.2, -0.15) is 0 Å². The Bertz CT molecular complexity index is 319. The molecule has 0 aliphatic rings. The van der Waals surface area contributed by atoms with Crippen LogP contribution in [0.4, 0.5) is 11.4 Å². The van der Waals surface area contributed by atoms with Crippen molar-refractivity contribution in [2.24, 2.45) is 0 Å². The van der Waals surface area contributed by atoms with E-state index in [4.69, 9.17) is 15.3 Å². The van der Waals surface area contributed by atoms with Crippen LogP contribution in [0.3, 0.4) is 0 Å². The van der Waals surface area contributed by atoms with Gasteiger partial charge in [0.05, 0.1) is 12.8 Å². The molecular formula is C7H8N3O2+. The number of methoxy groups -OCH3 is 1. The molecule has 0 radical (unpaired) electrons. The Morgan fingerprint density at radius 1 is 1.58 bits per heavy atom. The van der Waals surface area contributed by atoms with Gasteiger partial charge in [-0.15, -0.1) is 0 Å². The van der Waals surface area contributed by atoms with Gasteiger partial charge in [-0.05, 0) is 6.07 Å². The zero-order chi connectivity index (χ0) is 8.97. The molecule has 12 heavy (non-hydrogen) atoms. The first kappa shape index (κ1) is 8.30. The second-order valence-corrected chi connectivity index (χ2v) is 2.10. The molecule has 2 N–H and O–H groups in total. The van der Waals surface area contributed by atoms with Gasteiger partial charge in [0.15, 0.2) is 4.98 Å². The van der Waals surface area contributed by atoms with Gasteiger partial charge in [0.2, 0.25) is 11.1 Å². The van der Waals surface area contributed by atoms with Crippen LogP contribution in [0.5, 0.6) is 5.75 Å². The van der Waals surface area contributed by atoms with Crippen LogP contribution in [0, 0.1) is 5.39 Å². The lowest BCUT2D eigenvalue weighted by atomic mass is 10.2. The third kappa shape index (κ3) is 1.44.